The predicted molar refractivity (Wildman–Crippen MR) is 81.6 cm³/mol. The number of nitrogens with zero attached hydrogens (tertiary/aromatic N) is 1. The summed E-state index contributed by atoms with van der Waals surface area (Å²) in [6.07, 6.45) is 8.07. The molecular weight excluding hydrogens is 232 g/mol. The van der Waals surface area contributed by atoms with E-state index in [2.05, 4.69) is 35.3 Å². The van der Waals surface area contributed by atoms with E-state index in [1.807, 2.05) is 0 Å². The van der Waals surface area contributed by atoms with Crippen LogP contribution in [-0.4, -0.2) is 24.0 Å². The van der Waals surface area contributed by atoms with Gasteiger partial charge in [-0.25, -0.2) is 0 Å². The molecule has 1 unspecified atom stereocenters. The first-order valence-corrected chi connectivity index (χ1v) is 7.97. The van der Waals surface area contributed by atoms with Gasteiger partial charge >= 0.3 is 0 Å². The number of nitrogens with one attached hydrogen (secondary N) is 1. The van der Waals surface area contributed by atoms with Crippen LogP contribution in [-0.2, 0) is 13.0 Å². The van der Waals surface area contributed by atoms with Gasteiger partial charge in [0.15, 0.2) is 0 Å². The molecule has 104 valence electrons. The largest absolute Gasteiger partial charge is 0.384 e. The molecule has 19 heavy (non-hydrogen) atoms. The fourth-order valence-electron chi connectivity index (χ4n) is 3.69. The van der Waals surface area contributed by atoms with E-state index in [9.17, 15) is 0 Å². The van der Waals surface area contributed by atoms with Gasteiger partial charge in [-0.1, -0.05) is 38.0 Å². The van der Waals surface area contributed by atoms with Crippen molar-refractivity contribution in [1.82, 2.24) is 4.90 Å². The van der Waals surface area contributed by atoms with Gasteiger partial charge in [0.25, 0.3) is 0 Å². The van der Waals surface area contributed by atoms with E-state index in [0.717, 1.165) is 19.1 Å². The van der Waals surface area contributed by atoms with Gasteiger partial charge in [0.1, 0.15) is 0 Å². The van der Waals surface area contributed by atoms with Crippen LogP contribution in [0, 0.1) is 0 Å². The Morgan fingerprint density at radius 2 is 2.26 bits per heavy atom. The summed E-state index contributed by atoms with van der Waals surface area (Å²) in [6, 6.07) is 7.64. The maximum absolute atomic E-state index is 3.58. The third kappa shape index (κ3) is 2.79. The summed E-state index contributed by atoms with van der Waals surface area (Å²) in [4.78, 5) is 2.72. The Labute approximate surface area is 117 Å². The molecule has 0 aromatic heterocycles. The zero-order valence-electron chi connectivity index (χ0n) is 12.1. The molecule has 0 amide bonds. The minimum atomic E-state index is 0.816. The molecular formula is C17H26N2. The van der Waals surface area contributed by atoms with E-state index in [1.54, 1.807) is 0 Å². The van der Waals surface area contributed by atoms with Crippen molar-refractivity contribution in [1.29, 1.82) is 0 Å². The van der Waals surface area contributed by atoms with Crippen LogP contribution in [0.4, 0.5) is 5.69 Å². The maximum Gasteiger partial charge on any atom is 0.0419 e. The highest BCUT2D eigenvalue weighted by atomic mass is 15.2. The number of piperidine rings is 1. The number of hydrogen-bond acceptors (Lipinski definition) is 2. The maximum atomic E-state index is 3.58. The molecule has 0 radical (unpaired) electrons. The standard InChI is InChI=1S/C17H26N2/c1-2-6-16-9-3-4-12-19(16)13-15-8-5-7-14-10-11-18-17(14)15/h5,7-8,16,18H,2-4,6,9-13H2,1H3. The van der Waals surface area contributed by atoms with Crippen LogP contribution < -0.4 is 5.32 Å². The summed E-state index contributed by atoms with van der Waals surface area (Å²) in [7, 11) is 0. The summed E-state index contributed by atoms with van der Waals surface area (Å²) in [6.45, 7) is 5.86. The zero-order chi connectivity index (χ0) is 13.1. The third-order valence-corrected chi connectivity index (χ3v) is 4.68. The van der Waals surface area contributed by atoms with Crippen LogP contribution in [0.3, 0.4) is 0 Å². The van der Waals surface area contributed by atoms with Gasteiger partial charge in [-0.3, -0.25) is 4.90 Å². The third-order valence-electron chi connectivity index (χ3n) is 4.68. The zero-order valence-corrected chi connectivity index (χ0v) is 12.1. The molecule has 2 aliphatic rings. The Morgan fingerprint density at radius 1 is 1.32 bits per heavy atom. The molecule has 0 aliphatic carbocycles. The molecule has 2 heterocycles. The normalized spacial score (nSPS) is 23.1. The van der Waals surface area contributed by atoms with Crippen molar-refractivity contribution >= 4 is 5.69 Å². The van der Waals surface area contributed by atoms with E-state index in [-0.39, 0.29) is 0 Å². The number of hydrogen-bond donors (Lipinski definition) is 1. The number of anilines is 1. The van der Waals surface area contributed by atoms with Crippen LogP contribution in [0.25, 0.3) is 0 Å². The van der Waals surface area contributed by atoms with Crippen LogP contribution in [0.5, 0.6) is 0 Å². The van der Waals surface area contributed by atoms with Crippen LogP contribution in [0.15, 0.2) is 18.2 Å². The van der Waals surface area contributed by atoms with E-state index >= 15 is 0 Å². The fraction of sp³-hybridized carbons (Fsp3) is 0.647. The number of benzene rings is 1. The molecule has 2 nitrogen and oxygen atoms in total. The Hall–Kier alpha value is -1.02. The summed E-state index contributed by atoms with van der Waals surface area (Å²) in [5.41, 5.74) is 4.46. The van der Waals surface area contributed by atoms with Crippen molar-refractivity contribution in [2.24, 2.45) is 0 Å². The summed E-state index contributed by atoms with van der Waals surface area (Å²) >= 11 is 0. The molecule has 1 N–H and O–H groups in total. The van der Waals surface area contributed by atoms with Crippen LogP contribution >= 0.6 is 0 Å². The Morgan fingerprint density at radius 3 is 3.16 bits per heavy atom. The molecule has 1 atom stereocenters. The number of fused-ring (bicyclic) bond motifs is 1. The monoisotopic (exact) mass is 258 g/mol. The lowest BCUT2D eigenvalue weighted by atomic mass is 9.97. The average molecular weight is 258 g/mol. The van der Waals surface area contributed by atoms with Crippen molar-refractivity contribution in [3.8, 4) is 0 Å². The van der Waals surface area contributed by atoms with Crippen molar-refractivity contribution in [2.75, 3.05) is 18.4 Å². The van der Waals surface area contributed by atoms with Gasteiger partial charge in [0, 0.05) is 24.8 Å². The fourth-order valence-corrected chi connectivity index (χ4v) is 3.69. The Bertz CT molecular complexity index is 425. The molecule has 1 aromatic rings. The molecule has 1 aromatic carbocycles. The Kier molecular flexibility index (Phi) is 4.07. The van der Waals surface area contributed by atoms with Crippen molar-refractivity contribution in [3.05, 3.63) is 29.3 Å². The molecule has 3 rings (SSSR count). The van der Waals surface area contributed by atoms with Gasteiger partial charge in [-0.2, -0.15) is 0 Å². The van der Waals surface area contributed by atoms with E-state index < -0.39 is 0 Å². The van der Waals surface area contributed by atoms with Crippen LogP contribution in [0.1, 0.15) is 50.2 Å². The molecule has 1 saturated heterocycles. The molecule has 0 bridgehead atoms. The number of rotatable bonds is 4. The summed E-state index contributed by atoms with van der Waals surface area (Å²) in [5, 5.41) is 3.58. The van der Waals surface area contributed by atoms with E-state index in [4.69, 9.17) is 0 Å². The van der Waals surface area contributed by atoms with E-state index in [0.29, 0.717) is 0 Å². The number of para-hydroxylation sites is 1. The predicted octanol–water partition coefficient (Wildman–Crippen LogP) is 3.81. The minimum Gasteiger partial charge on any atom is -0.384 e. The highest BCUT2D eigenvalue weighted by molar-refractivity contribution is 5.61. The van der Waals surface area contributed by atoms with Crippen LogP contribution in [0.2, 0.25) is 0 Å². The topological polar surface area (TPSA) is 15.3 Å². The second-order valence-electron chi connectivity index (χ2n) is 6.04. The molecule has 0 saturated carbocycles. The lowest BCUT2D eigenvalue weighted by Gasteiger charge is -2.36. The van der Waals surface area contributed by atoms with Crippen molar-refractivity contribution in [2.45, 2.75) is 58.0 Å². The van der Waals surface area contributed by atoms with Gasteiger partial charge in [-0.15, -0.1) is 0 Å². The summed E-state index contributed by atoms with van der Waals surface area (Å²) < 4.78 is 0. The first-order chi connectivity index (χ1) is 9.38. The quantitative estimate of drug-likeness (QED) is 0.883. The first kappa shape index (κ1) is 13.0. The van der Waals surface area contributed by atoms with Gasteiger partial charge in [-0.05, 0) is 43.4 Å². The second-order valence-corrected chi connectivity index (χ2v) is 6.04. The van der Waals surface area contributed by atoms with Gasteiger partial charge in [0.2, 0.25) is 0 Å². The summed E-state index contributed by atoms with van der Waals surface area (Å²) in [5.74, 6) is 0. The Balaban J connectivity index is 1.74. The van der Waals surface area contributed by atoms with E-state index in [1.165, 1.54) is 61.9 Å². The molecule has 1 fully saturated rings. The highest BCUT2D eigenvalue weighted by Crippen LogP contribution is 2.30. The molecule has 0 spiro atoms. The smallest absolute Gasteiger partial charge is 0.0419 e. The van der Waals surface area contributed by atoms with Gasteiger partial charge < -0.3 is 5.32 Å². The SMILES string of the molecule is CCCC1CCCCN1Cc1cccc2c1NCC2. The lowest BCUT2D eigenvalue weighted by molar-refractivity contribution is 0.132. The highest BCUT2D eigenvalue weighted by Gasteiger charge is 2.23. The first-order valence-electron chi connectivity index (χ1n) is 7.97. The molecule has 2 heteroatoms. The average Bonchev–Trinajstić information content (AvgIpc) is 2.91. The molecule has 2 aliphatic heterocycles. The van der Waals surface area contributed by atoms with Gasteiger partial charge in [0.05, 0.1) is 0 Å². The second kappa shape index (κ2) is 5.96. The van der Waals surface area contributed by atoms with Crippen molar-refractivity contribution in [3.63, 3.8) is 0 Å². The minimum absolute atomic E-state index is 0.816. The number of likely N-dealkylation sites (tertiary alicyclic amines) is 1. The van der Waals surface area contributed by atoms with Crippen molar-refractivity contribution < 1.29 is 0 Å². The lowest BCUT2D eigenvalue weighted by Crippen LogP contribution is -2.38.